The Morgan fingerprint density at radius 2 is 0.967 bits per heavy atom. The highest BCUT2D eigenvalue weighted by Gasteiger charge is 2.27. The third-order valence-electron chi connectivity index (χ3n) is 10.4. The summed E-state index contributed by atoms with van der Waals surface area (Å²) in [5.41, 5.74) is 0. The Kier molecular flexibility index (Phi) is 40.8. The van der Waals surface area contributed by atoms with Gasteiger partial charge in [-0.2, -0.15) is 0 Å². The Morgan fingerprint density at radius 1 is 0.567 bits per heavy atom. The molecule has 3 N–H and O–H groups in total. The van der Waals surface area contributed by atoms with Crippen molar-refractivity contribution < 1.29 is 32.9 Å². The van der Waals surface area contributed by atoms with E-state index < -0.39 is 20.0 Å². The molecule has 0 spiro atoms. The summed E-state index contributed by atoms with van der Waals surface area (Å²) in [6, 6.07) is -0.895. The van der Waals surface area contributed by atoms with E-state index in [1.54, 1.807) is 6.08 Å². The minimum Gasteiger partial charge on any atom is -0.387 e. The summed E-state index contributed by atoms with van der Waals surface area (Å²) in [5, 5.41) is 13.8. The second-order valence-corrected chi connectivity index (χ2v) is 18.9. The summed E-state index contributed by atoms with van der Waals surface area (Å²) < 4.78 is 23.5. The van der Waals surface area contributed by atoms with Gasteiger partial charge in [0.15, 0.2) is 0 Å². The summed E-state index contributed by atoms with van der Waals surface area (Å²) in [7, 11) is 1.51. The average molecular weight is 862 g/mol. The lowest BCUT2D eigenvalue weighted by Crippen LogP contribution is -2.45. The Balaban J connectivity index is 4.53. The highest BCUT2D eigenvalue weighted by molar-refractivity contribution is 7.47. The number of nitrogens with zero attached hydrogens (tertiary/aromatic N) is 1. The number of likely N-dealkylation sites (N-methyl/N-ethyl adjacent to an activating group) is 1. The van der Waals surface area contributed by atoms with Crippen LogP contribution in [0.25, 0.3) is 0 Å². The van der Waals surface area contributed by atoms with Crippen molar-refractivity contribution in [2.45, 2.75) is 206 Å². The molecule has 0 aliphatic heterocycles. The molecule has 0 fully saturated rings. The minimum atomic E-state index is -4.37. The van der Waals surface area contributed by atoms with Gasteiger partial charge in [-0.05, 0) is 70.6 Å². The van der Waals surface area contributed by atoms with Crippen molar-refractivity contribution in [3.8, 4) is 0 Å². The summed E-state index contributed by atoms with van der Waals surface area (Å²) in [5.74, 6) is -0.243. The van der Waals surface area contributed by atoms with E-state index in [0.29, 0.717) is 17.4 Å². The number of nitrogens with one attached hydrogen (secondary N) is 1. The molecule has 348 valence electrons. The van der Waals surface area contributed by atoms with Gasteiger partial charge in [0, 0.05) is 6.42 Å². The summed E-state index contributed by atoms with van der Waals surface area (Å²) in [6.45, 7) is 4.74. The molecule has 3 atom stereocenters. The van der Waals surface area contributed by atoms with Gasteiger partial charge >= 0.3 is 7.82 Å². The van der Waals surface area contributed by atoms with E-state index in [4.69, 9.17) is 9.05 Å². The maximum absolute atomic E-state index is 12.9. The Bertz CT molecular complexity index is 1200. The number of phosphoric ester groups is 1. The lowest BCUT2D eigenvalue weighted by molar-refractivity contribution is -0.870. The molecule has 0 aliphatic carbocycles. The Labute approximate surface area is 370 Å². The predicted molar refractivity (Wildman–Crippen MR) is 258 cm³/mol. The van der Waals surface area contributed by atoms with Gasteiger partial charge in [0.1, 0.15) is 13.2 Å². The Morgan fingerprint density at radius 3 is 1.45 bits per heavy atom. The molecule has 0 saturated carbocycles. The van der Waals surface area contributed by atoms with Gasteiger partial charge in [-0.1, -0.05) is 189 Å². The number of unbranched alkanes of at least 4 members (excludes halogenated alkanes) is 20. The highest BCUT2D eigenvalue weighted by Crippen LogP contribution is 2.43. The molecule has 0 aromatic carbocycles. The van der Waals surface area contributed by atoms with Crippen LogP contribution in [0.15, 0.2) is 72.9 Å². The van der Waals surface area contributed by atoms with E-state index in [0.717, 1.165) is 44.9 Å². The van der Waals surface area contributed by atoms with Crippen molar-refractivity contribution >= 4 is 13.7 Å². The highest BCUT2D eigenvalue weighted by atomic mass is 31.2. The number of hydrogen-bond acceptors (Lipinski definition) is 5. The number of allylic oxidation sites excluding steroid dienone is 11. The number of carbonyl (C=O) groups excluding carboxylic acids is 1. The fourth-order valence-electron chi connectivity index (χ4n) is 6.52. The second kappa shape index (κ2) is 42.3. The number of carbonyl (C=O) groups is 1. The van der Waals surface area contributed by atoms with Crippen LogP contribution in [0.4, 0.5) is 0 Å². The molecule has 9 heteroatoms. The maximum atomic E-state index is 12.9. The van der Waals surface area contributed by atoms with E-state index in [9.17, 15) is 19.4 Å². The quantitative estimate of drug-likeness (QED) is 0.0244. The lowest BCUT2D eigenvalue weighted by atomic mass is 10.1. The minimum absolute atomic E-state index is 0.0428. The number of quaternary nitrogens is 1. The van der Waals surface area contributed by atoms with Gasteiger partial charge in [0.25, 0.3) is 0 Å². The first-order valence-corrected chi connectivity index (χ1v) is 25.8. The molecule has 0 saturated heterocycles. The first kappa shape index (κ1) is 57.9. The molecule has 8 nitrogen and oxygen atoms in total. The van der Waals surface area contributed by atoms with Crippen LogP contribution in [0.1, 0.15) is 194 Å². The summed E-state index contributed by atoms with van der Waals surface area (Å²) in [6.07, 6.45) is 57.0. The molecule has 0 rings (SSSR count). The number of phosphoric acid groups is 1. The molecule has 0 aliphatic rings. The van der Waals surface area contributed by atoms with E-state index in [1.807, 2.05) is 27.2 Å². The third-order valence-corrected chi connectivity index (χ3v) is 11.4. The van der Waals surface area contributed by atoms with Crippen LogP contribution in [0.3, 0.4) is 0 Å². The van der Waals surface area contributed by atoms with Gasteiger partial charge in [0.2, 0.25) is 5.91 Å². The van der Waals surface area contributed by atoms with Crippen molar-refractivity contribution in [1.82, 2.24) is 5.32 Å². The standard InChI is InChI=1S/C51H93N2O6P/c1-6-8-10-12-14-16-18-20-22-24-25-26-27-29-31-33-35-37-39-41-43-45-51(55)52-49(48-59-60(56,57)58-47-46-53(3,4)5)50(54)44-42-40-38-36-34-32-30-28-23-21-19-17-15-13-11-9-7-2/h22,24,26-27,31,33-34,36-37,39,42,44,49-50,54H,6-21,23,25,28-30,32,35,38,40-41,43,45-48H2,1-5H3,(H-,52,55,56,57)/p+1/b24-22+,27-26+,33-31+,36-34+,39-37+,44-42+/t49-,50+/m0/s1. The summed E-state index contributed by atoms with van der Waals surface area (Å²) in [4.78, 5) is 23.1. The molecular formula is C51H94N2O6P+. The topological polar surface area (TPSA) is 105 Å². The average Bonchev–Trinajstić information content (AvgIpc) is 3.20. The van der Waals surface area contributed by atoms with Crippen LogP contribution in [0, 0.1) is 0 Å². The molecule has 0 aromatic heterocycles. The largest absolute Gasteiger partial charge is 0.472 e. The molecular weight excluding hydrogens is 768 g/mol. The maximum Gasteiger partial charge on any atom is 0.472 e. The first-order chi connectivity index (χ1) is 29.0. The molecule has 0 aromatic rings. The van der Waals surface area contributed by atoms with Crippen LogP contribution in [-0.2, 0) is 18.4 Å². The Hall–Kier alpha value is -2.06. The third kappa shape index (κ3) is 44.0. The SMILES string of the molecule is CCCCCCCCC/C=C/C/C=C/C/C=C/C/C=C/CCCC(=O)N[C@@H](COP(=O)(O)OCC[N+](C)(C)C)[C@H](O)/C=C/CC/C=C/CCCCCCCCCCCCC. The van der Waals surface area contributed by atoms with Crippen LogP contribution in [0.2, 0.25) is 0 Å². The number of hydrogen-bond donors (Lipinski definition) is 3. The van der Waals surface area contributed by atoms with E-state index in [1.165, 1.54) is 122 Å². The number of amides is 1. The molecule has 60 heavy (non-hydrogen) atoms. The second-order valence-electron chi connectivity index (χ2n) is 17.5. The van der Waals surface area contributed by atoms with Crippen molar-refractivity contribution in [3.63, 3.8) is 0 Å². The molecule has 0 radical (unpaired) electrons. The van der Waals surface area contributed by atoms with Crippen molar-refractivity contribution in [2.75, 3.05) is 40.9 Å². The van der Waals surface area contributed by atoms with Crippen LogP contribution >= 0.6 is 7.82 Å². The number of rotatable bonds is 43. The van der Waals surface area contributed by atoms with Crippen LogP contribution < -0.4 is 5.32 Å². The fourth-order valence-corrected chi connectivity index (χ4v) is 7.26. The zero-order valence-electron chi connectivity index (χ0n) is 39.4. The normalized spacial score (nSPS) is 14.8. The van der Waals surface area contributed by atoms with E-state index >= 15 is 0 Å². The lowest BCUT2D eigenvalue weighted by Gasteiger charge is -2.25. The summed E-state index contributed by atoms with van der Waals surface area (Å²) >= 11 is 0. The van der Waals surface area contributed by atoms with E-state index in [-0.39, 0.29) is 25.5 Å². The fraction of sp³-hybridized carbons (Fsp3) is 0.745. The number of aliphatic hydroxyl groups is 1. The molecule has 0 heterocycles. The smallest absolute Gasteiger partial charge is 0.387 e. The van der Waals surface area contributed by atoms with Crippen LogP contribution in [-0.4, -0.2) is 73.4 Å². The zero-order valence-corrected chi connectivity index (χ0v) is 40.3. The number of aliphatic hydroxyl groups excluding tert-OH is 1. The van der Waals surface area contributed by atoms with Gasteiger partial charge in [-0.3, -0.25) is 13.8 Å². The zero-order chi connectivity index (χ0) is 44.3. The van der Waals surface area contributed by atoms with Crippen molar-refractivity contribution in [2.24, 2.45) is 0 Å². The van der Waals surface area contributed by atoms with Gasteiger partial charge in [-0.25, -0.2) is 4.57 Å². The van der Waals surface area contributed by atoms with Gasteiger partial charge in [-0.15, -0.1) is 0 Å². The van der Waals surface area contributed by atoms with Crippen molar-refractivity contribution in [3.05, 3.63) is 72.9 Å². The molecule has 0 bridgehead atoms. The monoisotopic (exact) mass is 862 g/mol. The van der Waals surface area contributed by atoms with Crippen LogP contribution in [0.5, 0.6) is 0 Å². The molecule has 1 amide bonds. The van der Waals surface area contributed by atoms with E-state index in [2.05, 4.69) is 79.9 Å². The molecule has 1 unspecified atom stereocenters. The van der Waals surface area contributed by atoms with Crippen molar-refractivity contribution in [1.29, 1.82) is 0 Å². The predicted octanol–water partition coefficient (Wildman–Crippen LogP) is 14.0. The van der Waals surface area contributed by atoms with Gasteiger partial charge < -0.3 is 19.8 Å². The first-order valence-electron chi connectivity index (χ1n) is 24.3. The van der Waals surface area contributed by atoms with Gasteiger partial charge in [0.05, 0.1) is 39.9 Å².